The minimum Gasteiger partial charge on any atom is -0.394 e. The van der Waals surface area contributed by atoms with Crippen molar-refractivity contribution in [3.8, 4) is 0 Å². The lowest BCUT2D eigenvalue weighted by Gasteiger charge is -2.55. The van der Waals surface area contributed by atoms with Gasteiger partial charge >= 0.3 is 5.97 Å². The van der Waals surface area contributed by atoms with Crippen LogP contribution in [-0.2, 0) is 19.2 Å². The third-order valence-electron chi connectivity index (χ3n) is 6.11. The van der Waals surface area contributed by atoms with E-state index in [1.165, 1.54) is 0 Å². The number of hydrogen-bond donors (Lipinski definition) is 11. The summed E-state index contributed by atoms with van der Waals surface area (Å²) in [5, 5.41) is 93.6. The Balaban J connectivity index is 2.44. The molecule has 2 aliphatic rings. The summed E-state index contributed by atoms with van der Waals surface area (Å²) in [7, 11) is 0. The Labute approximate surface area is 188 Å². The third-order valence-corrected chi connectivity index (χ3v) is 6.11. The molecule has 12 N–H and O–H groups in total. The summed E-state index contributed by atoms with van der Waals surface area (Å²) in [6, 6.07) is -1.34. The molecule has 2 aliphatic heterocycles. The van der Waals surface area contributed by atoms with Gasteiger partial charge in [0.2, 0.25) is 0 Å². The minimum absolute atomic E-state index is 0.0175. The molecule has 0 spiro atoms. The fourth-order valence-corrected chi connectivity index (χ4v) is 4.13. The van der Waals surface area contributed by atoms with E-state index in [1.54, 1.807) is 0 Å². The number of hydrogen-bond acceptors (Lipinski definition) is 15. The Hall–Kier alpha value is -1.05. The van der Waals surface area contributed by atoms with E-state index in [9.17, 15) is 45.6 Å². The molecule has 0 aromatic heterocycles. The molecule has 194 valence electrons. The molecule has 2 unspecified atom stereocenters. The zero-order valence-corrected chi connectivity index (χ0v) is 17.8. The van der Waals surface area contributed by atoms with Gasteiger partial charge in [0.05, 0.1) is 13.2 Å². The second-order valence-electron chi connectivity index (χ2n) is 8.22. The van der Waals surface area contributed by atoms with E-state index in [4.69, 9.17) is 20.5 Å². The van der Waals surface area contributed by atoms with E-state index < -0.39 is 85.9 Å². The molecule has 0 radical (unpaired) electrons. The highest BCUT2D eigenvalue weighted by molar-refractivity contribution is 5.75. The van der Waals surface area contributed by atoms with Gasteiger partial charge in [0.1, 0.15) is 61.1 Å². The van der Waals surface area contributed by atoms with Gasteiger partial charge in [-0.1, -0.05) is 6.42 Å². The van der Waals surface area contributed by atoms with Crippen LogP contribution < -0.4 is 11.1 Å². The van der Waals surface area contributed by atoms with Crippen molar-refractivity contribution < 1.29 is 65.3 Å². The number of carbonyl (C=O) groups excluding carboxylic acids is 1. The lowest BCUT2D eigenvalue weighted by atomic mass is 9.75. The van der Waals surface area contributed by atoms with Crippen LogP contribution in [-0.4, -0.2) is 139 Å². The summed E-state index contributed by atoms with van der Waals surface area (Å²) in [5.74, 6) is -1.19. The SMILES string of the molecule is NCCCC[C@H](NC1O[C@H](CO)[C@H](O)[C@H](O)[C@]1(O)C1O[C@H](CO)[C@@H](O)[C@H](O)[C@H]1O)C(=O)OO. The number of aliphatic hydroxyl groups excluding tert-OH is 7. The molecule has 33 heavy (non-hydrogen) atoms. The van der Waals surface area contributed by atoms with Crippen molar-refractivity contribution in [2.24, 2.45) is 5.73 Å². The van der Waals surface area contributed by atoms with Gasteiger partial charge in [0.25, 0.3) is 0 Å². The van der Waals surface area contributed by atoms with Crippen LogP contribution in [0, 0.1) is 0 Å². The molecule has 2 rings (SSSR count). The van der Waals surface area contributed by atoms with Gasteiger partial charge < -0.3 is 56.1 Å². The minimum atomic E-state index is -2.80. The maximum absolute atomic E-state index is 12.1. The highest BCUT2D eigenvalue weighted by Gasteiger charge is 2.64. The average molecular weight is 486 g/mol. The second kappa shape index (κ2) is 12.1. The molecule has 0 aliphatic carbocycles. The summed E-state index contributed by atoms with van der Waals surface area (Å²) in [6.07, 6.45) is -15.7. The predicted molar refractivity (Wildman–Crippen MR) is 105 cm³/mol. The van der Waals surface area contributed by atoms with Crippen LogP contribution in [0.2, 0.25) is 0 Å². The molecule has 0 bridgehead atoms. The Morgan fingerprint density at radius 3 is 2.12 bits per heavy atom. The molecule has 2 heterocycles. The fraction of sp³-hybridized carbons (Fsp3) is 0.944. The van der Waals surface area contributed by atoms with E-state index in [0.29, 0.717) is 19.4 Å². The monoisotopic (exact) mass is 486 g/mol. The summed E-state index contributed by atoms with van der Waals surface area (Å²) >= 11 is 0. The maximum atomic E-state index is 12.1. The number of rotatable bonds is 10. The number of unbranched alkanes of at least 4 members (excludes halogenated alkanes) is 1. The van der Waals surface area contributed by atoms with Gasteiger partial charge in [-0.2, -0.15) is 5.26 Å². The molecule has 0 amide bonds. The van der Waals surface area contributed by atoms with Gasteiger partial charge in [-0.05, 0) is 19.4 Å². The van der Waals surface area contributed by atoms with Gasteiger partial charge in [-0.15, -0.1) is 0 Å². The van der Waals surface area contributed by atoms with Crippen LogP contribution in [0.4, 0.5) is 0 Å². The standard InChI is InChI=1S/C18H34N2O13/c19-4-2-1-3-7(16(28)33-30)20-17-18(29,14(27)11(24)9(6-22)32-17)15-13(26)12(25)10(23)8(5-21)31-15/h7-15,17,20-27,29-30H,1-6,19H2/t7-,8+,9+,10+,11-,12-,13+,14-,15?,17?,18-/m0/s1. The van der Waals surface area contributed by atoms with Gasteiger partial charge in [0, 0.05) is 0 Å². The lowest BCUT2D eigenvalue weighted by molar-refractivity contribution is -0.349. The Bertz CT molecular complexity index is 628. The Morgan fingerprint density at radius 1 is 0.970 bits per heavy atom. The van der Waals surface area contributed by atoms with Crippen molar-refractivity contribution in [1.29, 1.82) is 0 Å². The number of carbonyl (C=O) groups is 1. The Morgan fingerprint density at radius 2 is 1.58 bits per heavy atom. The second-order valence-corrected chi connectivity index (χ2v) is 8.22. The first-order valence-corrected chi connectivity index (χ1v) is 10.5. The molecule has 15 heteroatoms. The molecule has 11 atom stereocenters. The van der Waals surface area contributed by atoms with E-state index >= 15 is 0 Å². The highest BCUT2D eigenvalue weighted by Crippen LogP contribution is 2.38. The molecule has 0 saturated carbocycles. The topological polar surface area (TPSA) is 265 Å². The summed E-state index contributed by atoms with van der Waals surface area (Å²) < 4.78 is 10.8. The number of nitrogens with two attached hydrogens (primary N) is 1. The maximum Gasteiger partial charge on any atom is 0.358 e. The van der Waals surface area contributed by atoms with Crippen LogP contribution >= 0.6 is 0 Å². The Kier molecular flexibility index (Phi) is 10.3. The van der Waals surface area contributed by atoms with Crippen molar-refractivity contribution >= 4 is 5.97 Å². The molecular formula is C18H34N2O13. The van der Waals surface area contributed by atoms with E-state index in [-0.39, 0.29) is 6.42 Å². The van der Waals surface area contributed by atoms with Crippen LogP contribution in [0.5, 0.6) is 0 Å². The zero-order chi connectivity index (χ0) is 24.9. The average Bonchev–Trinajstić information content (AvgIpc) is 2.81. The third kappa shape index (κ3) is 5.62. The molecule has 2 saturated heterocycles. The number of ether oxygens (including phenoxy) is 2. The lowest BCUT2D eigenvalue weighted by Crippen LogP contribution is -2.79. The van der Waals surface area contributed by atoms with Crippen LogP contribution in [0.25, 0.3) is 0 Å². The number of aliphatic hydroxyl groups is 8. The fourth-order valence-electron chi connectivity index (χ4n) is 4.13. The van der Waals surface area contributed by atoms with E-state index in [2.05, 4.69) is 10.2 Å². The quantitative estimate of drug-likeness (QED) is 0.0779. The molecule has 15 nitrogen and oxygen atoms in total. The smallest absolute Gasteiger partial charge is 0.358 e. The van der Waals surface area contributed by atoms with Crippen LogP contribution in [0.3, 0.4) is 0 Å². The first-order chi connectivity index (χ1) is 15.6. The van der Waals surface area contributed by atoms with E-state index in [1.807, 2.05) is 0 Å². The molecule has 0 aromatic carbocycles. The molecule has 2 fully saturated rings. The predicted octanol–water partition coefficient (Wildman–Crippen LogP) is -5.90. The van der Waals surface area contributed by atoms with Crippen molar-refractivity contribution in [3.05, 3.63) is 0 Å². The van der Waals surface area contributed by atoms with Crippen LogP contribution in [0.15, 0.2) is 0 Å². The first-order valence-electron chi connectivity index (χ1n) is 10.5. The first kappa shape index (κ1) is 28.2. The number of nitrogens with one attached hydrogen (secondary N) is 1. The highest BCUT2D eigenvalue weighted by atomic mass is 17.1. The van der Waals surface area contributed by atoms with E-state index in [0.717, 1.165) is 0 Å². The normalized spacial score (nSPS) is 42.7. The molecular weight excluding hydrogens is 452 g/mol. The zero-order valence-electron chi connectivity index (χ0n) is 17.8. The molecule has 0 aromatic rings. The van der Waals surface area contributed by atoms with Gasteiger partial charge in [-0.25, -0.2) is 4.79 Å². The van der Waals surface area contributed by atoms with Crippen LogP contribution in [0.1, 0.15) is 19.3 Å². The van der Waals surface area contributed by atoms with Gasteiger partial charge in [-0.3, -0.25) is 10.2 Å². The van der Waals surface area contributed by atoms with Crippen molar-refractivity contribution in [1.82, 2.24) is 5.32 Å². The van der Waals surface area contributed by atoms with Crippen molar-refractivity contribution in [3.63, 3.8) is 0 Å². The van der Waals surface area contributed by atoms with Crippen molar-refractivity contribution in [2.75, 3.05) is 19.8 Å². The van der Waals surface area contributed by atoms with Crippen molar-refractivity contribution in [2.45, 2.75) is 86.0 Å². The largest absolute Gasteiger partial charge is 0.394 e. The summed E-state index contributed by atoms with van der Waals surface area (Å²) in [5.41, 5.74) is 2.63. The van der Waals surface area contributed by atoms with Gasteiger partial charge in [0.15, 0.2) is 5.60 Å². The summed E-state index contributed by atoms with van der Waals surface area (Å²) in [4.78, 5) is 15.8. The summed E-state index contributed by atoms with van der Waals surface area (Å²) in [6.45, 7) is -1.36.